The first-order valence-electron chi connectivity index (χ1n) is 8.59. The SMILES string of the molecule is COc1cc(C(=O)NCc2n[nH]c(=S)n2-c2ccc(Cl)c(Cl)c2)cc(OC)c1OC. The van der Waals surface area contributed by atoms with Gasteiger partial charge in [0.2, 0.25) is 5.75 Å². The van der Waals surface area contributed by atoms with Gasteiger partial charge in [-0.15, -0.1) is 0 Å². The average molecular weight is 469 g/mol. The van der Waals surface area contributed by atoms with E-state index in [1.54, 1.807) is 34.9 Å². The highest BCUT2D eigenvalue weighted by Crippen LogP contribution is 2.38. The summed E-state index contributed by atoms with van der Waals surface area (Å²) >= 11 is 17.4. The molecule has 3 rings (SSSR count). The van der Waals surface area contributed by atoms with Gasteiger partial charge < -0.3 is 19.5 Å². The second-order valence-electron chi connectivity index (χ2n) is 5.98. The lowest BCUT2D eigenvalue weighted by Gasteiger charge is -2.14. The van der Waals surface area contributed by atoms with E-state index in [2.05, 4.69) is 15.5 Å². The molecule has 0 bridgehead atoms. The molecule has 0 saturated carbocycles. The van der Waals surface area contributed by atoms with Gasteiger partial charge in [-0.05, 0) is 42.5 Å². The Kier molecular flexibility index (Phi) is 6.86. The van der Waals surface area contributed by atoms with Crippen molar-refractivity contribution in [2.75, 3.05) is 21.3 Å². The molecule has 0 saturated heterocycles. The molecule has 1 heterocycles. The van der Waals surface area contributed by atoms with Crippen molar-refractivity contribution >= 4 is 41.3 Å². The number of amides is 1. The van der Waals surface area contributed by atoms with Crippen LogP contribution in [0.25, 0.3) is 5.69 Å². The van der Waals surface area contributed by atoms with Crippen molar-refractivity contribution in [3.63, 3.8) is 0 Å². The number of carbonyl (C=O) groups is 1. The largest absolute Gasteiger partial charge is 0.493 e. The predicted octanol–water partition coefficient (Wildman–Crippen LogP) is 4.19. The summed E-state index contributed by atoms with van der Waals surface area (Å²) in [5.74, 6) is 1.28. The second-order valence-corrected chi connectivity index (χ2v) is 7.18. The third-order valence-corrected chi connectivity index (χ3v) is 5.25. The molecule has 0 aliphatic rings. The molecule has 0 radical (unpaired) electrons. The van der Waals surface area contributed by atoms with Gasteiger partial charge in [0, 0.05) is 5.56 Å². The van der Waals surface area contributed by atoms with Crippen LogP contribution in [0.5, 0.6) is 17.2 Å². The lowest BCUT2D eigenvalue weighted by Crippen LogP contribution is -2.24. The van der Waals surface area contributed by atoms with E-state index in [1.807, 2.05) is 0 Å². The predicted molar refractivity (Wildman–Crippen MR) is 116 cm³/mol. The monoisotopic (exact) mass is 468 g/mol. The Bertz CT molecular complexity index is 1120. The molecule has 158 valence electrons. The van der Waals surface area contributed by atoms with E-state index in [-0.39, 0.29) is 12.5 Å². The Morgan fingerprint density at radius 2 is 1.77 bits per heavy atom. The maximum absolute atomic E-state index is 12.7. The van der Waals surface area contributed by atoms with Crippen molar-refractivity contribution < 1.29 is 19.0 Å². The summed E-state index contributed by atoms with van der Waals surface area (Å²) in [6, 6.07) is 8.20. The van der Waals surface area contributed by atoms with E-state index in [1.165, 1.54) is 21.3 Å². The first-order valence-corrected chi connectivity index (χ1v) is 9.76. The number of nitrogens with one attached hydrogen (secondary N) is 2. The van der Waals surface area contributed by atoms with Crippen molar-refractivity contribution in [1.29, 1.82) is 0 Å². The van der Waals surface area contributed by atoms with Crippen LogP contribution in [-0.2, 0) is 6.54 Å². The number of hydrogen-bond donors (Lipinski definition) is 2. The van der Waals surface area contributed by atoms with Crippen LogP contribution in [0.3, 0.4) is 0 Å². The number of benzene rings is 2. The summed E-state index contributed by atoms with van der Waals surface area (Å²) in [6.07, 6.45) is 0. The average Bonchev–Trinajstić information content (AvgIpc) is 3.12. The first-order chi connectivity index (χ1) is 14.4. The number of carbonyl (C=O) groups excluding carboxylic acids is 1. The van der Waals surface area contributed by atoms with Gasteiger partial charge in [0.15, 0.2) is 22.1 Å². The van der Waals surface area contributed by atoms with Crippen molar-refractivity contribution in [3.8, 4) is 22.9 Å². The Hall–Kier alpha value is -2.75. The highest BCUT2D eigenvalue weighted by molar-refractivity contribution is 7.71. The molecule has 2 aromatic carbocycles. The van der Waals surface area contributed by atoms with E-state index < -0.39 is 0 Å². The Labute approximate surface area is 187 Å². The molecule has 0 atom stereocenters. The third-order valence-electron chi connectivity index (χ3n) is 4.24. The van der Waals surface area contributed by atoms with E-state index in [9.17, 15) is 4.79 Å². The molecule has 11 heteroatoms. The topological polar surface area (TPSA) is 90.4 Å². The minimum atomic E-state index is -0.358. The van der Waals surface area contributed by atoms with Gasteiger partial charge >= 0.3 is 0 Å². The second kappa shape index (κ2) is 9.38. The molecule has 3 aromatic rings. The number of H-pyrrole nitrogens is 1. The van der Waals surface area contributed by atoms with Gasteiger partial charge in [-0.2, -0.15) is 5.10 Å². The van der Waals surface area contributed by atoms with Crippen LogP contribution in [0.1, 0.15) is 16.2 Å². The van der Waals surface area contributed by atoms with Crippen LogP contribution in [-0.4, -0.2) is 42.0 Å². The Morgan fingerprint density at radius 3 is 2.33 bits per heavy atom. The minimum absolute atomic E-state index is 0.100. The molecule has 0 spiro atoms. The first kappa shape index (κ1) is 21.9. The number of ether oxygens (including phenoxy) is 3. The molecule has 0 aliphatic carbocycles. The molecule has 30 heavy (non-hydrogen) atoms. The molecule has 1 aromatic heterocycles. The molecular weight excluding hydrogens is 451 g/mol. The number of aromatic amines is 1. The van der Waals surface area contributed by atoms with Crippen LogP contribution < -0.4 is 19.5 Å². The van der Waals surface area contributed by atoms with Crippen LogP contribution in [0.2, 0.25) is 10.0 Å². The van der Waals surface area contributed by atoms with E-state index in [0.717, 1.165) is 0 Å². The quantitative estimate of drug-likeness (QED) is 0.505. The summed E-state index contributed by atoms with van der Waals surface area (Å²) in [5, 5.41) is 10.5. The number of hydrogen-bond acceptors (Lipinski definition) is 6. The van der Waals surface area contributed by atoms with Crippen LogP contribution in [0.15, 0.2) is 30.3 Å². The van der Waals surface area contributed by atoms with E-state index in [0.29, 0.717) is 49.1 Å². The van der Waals surface area contributed by atoms with Crippen LogP contribution in [0, 0.1) is 4.77 Å². The van der Waals surface area contributed by atoms with E-state index in [4.69, 9.17) is 49.6 Å². The van der Waals surface area contributed by atoms with Gasteiger partial charge in [0.25, 0.3) is 5.91 Å². The Balaban J connectivity index is 1.86. The molecule has 0 fully saturated rings. The molecule has 0 unspecified atom stereocenters. The fourth-order valence-corrected chi connectivity index (χ4v) is 3.36. The van der Waals surface area contributed by atoms with Gasteiger partial charge in [-0.25, -0.2) is 0 Å². The zero-order valence-electron chi connectivity index (χ0n) is 16.3. The zero-order chi connectivity index (χ0) is 21.8. The number of rotatable bonds is 7. The number of halogens is 2. The van der Waals surface area contributed by atoms with Crippen molar-refractivity contribution in [2.24, 2.45) is 0 Å². The number of aromatic nitrogens is 3. The van der Waals surface area contributed by atoms with Gasteiger partial charge in [0.05, 0.1) is 43.6 Å². The molecule has 0 aliphatic heterocycles. The zero-order valence-corrected chi connectivity index (χ0v) is 18.6. The lowest BCUT2D eigenvalue weighted by molar-refractivity contribution is 0.0949. The third kappa shape index (κ3) is 4.38. The van der Waals surface area contributed by atoms with Gasteiger partial charge in [-0.1, -0.05) is 23.2 Å². The molecule has 1 amide bonds. The fourth-order valence-electron chi connectivity index (χ4n) is 2.81. The normalized spacial score (nSPS) is 10.6. The Morgan fingerprint density at radius 1 is 1.10 bits per heavy atom. The highest BCUT2D eigenvalue weighted by atomic mass is 35.5. The number of methoxy groups -OCH3 is 3. The van der Waals surface area contributed by atoms with Crippen LogP contribution >= 0.6 is 35.4 Å². The minimum Gasteiger partial charge on any atom is -0.493 e. The number of nitrogens with zero attached hydrogens (tertiary/aromatic N) is 2. The summed E-state index contributed by atoms with van der Waals surface area (Å²) < 4.78 is 17.9. The highest BCUT2D eigenvalue weighted by Gasteiger charge is 2.18. The van der Waals surface area contributed by atoms with Gasteiger partial charge in [0.1, 0.15) is 0 Å². The maximum Gasteiger partial charge on any atom is 0.251 e. The standard InChI is InChI=1S/C19H18Cl2N4O4S/c1-27-14-6-10(7-15(28-2)17(14)29-3)18(26)22-9-16-23-24-19(30)25(16)11-4-5-12(20)13(21)8-11/h4-8H,9H2,1-3H3,(H,22,26)(H,24,30). The fraction of sp³-hybridized carbons (Fsp3) is 0.211. The van der Waals surface area contributed by atoms with Crippen molar-refractivity contribution in [3.05, 3.63) is 56.5 Å². The molecular formula is C19H18Cl2N4O4S. The molecule has 8 nitrogen and oxygen atoms in total. The summed E-state index contributed by atoms with van der Waals surface area (Å²) in [4.78, 5) is 12.7. The summed E-state index contributed by atoms with van der Waals surface area (Å²) in [7, 11) is 4.45. The van der Waals surface area contributed by atoms with E-state index >= 15 is 0 Å². The smallest absolute Gasteiger partial charge is 0.251 e. The maximum atomic E-state index is 12.7. The molecule has 2 N–H and O–H groups in total. The van der Waals surface area contributed by atoms with Crippen LogP contribution in [0.4, 0.5) is 0 Å². The van der Waals surface area contributed by atoms with Crippen molar-refractivity contribution in [2.45, 2.75) is 6.54 Å². The summed E-state index contributed by atoms with van der Waals surface area (Å²) in [6.45, 7) is 0.100. The van der Waals surface area contributed by atoms with Crippen molar-refractivity contribution in [1.82, 2.24) is 20.1 Å². The van der Waals surface area contributed by atoms with Gasteiger partial charge in [-0.3, -0.25) is 14.5 Å². The lowest BCUT2D eigenvalue weighted by atomic mass is 10.1. The summed E-state index contributed by atoms with van der Waals surface area (Å²) in [5.41, 5.74) is 1.000.